The Kier molecular flexibility index (Phi) is 5.47. The first kappa shape index (κ1) is 18.2. The summed E-state index contributed by atoms with van der Waals surface area (Å²) in [6.07, 6.45) is 2.97. The minimum atomic E-state index is -0.385. The highest BCUT2D eigenvalue weighted by Crippen LogP contribution is 2.44. The zero-order valence-electron chi connectivity index (χ0n) is 15.0. The number of nitrogens with one attached hydrogen (secondary N) is 1. The van der Waals surface area contributed by atoms with Crippen molar-refractivity contribution in [3.05, 3.63) is 42.0 Å². The number of anilines is 1. The van der Waals surface area contributed by atoms with Crippen LogP contribution in [0, 0.1) is 17.3 Å². The van der Waals surface area contributed by atoms with E-state index in [-0.39, 0.29) is 29.1 Å². The van der Waals surface area contributed by atoms with E-state index in [2.05, 4.69) is 30.5 Å². The van der Waals surface area contributed by atoms with Gasteiger partial charge in [-0.15, -0.1) is 0 Å². The molecule has 0 aromatic heterocycles. The van der Waals surface area contributed by atoms with Gasteiger partial charge in [0.25, 0.3) is 0 Å². The lowest BCUT2D eigenvalue weighted by Gasteiger charge is -2.40. The van der Waals surface area contributed by atoms with Crippen molar-refractivity contribution in [2.45, 2.75) is 40.0 Å². The first-order chi connectivity index (χ1) is 11.2. The second-order valence-corrected chi connectivity index (χ2v) is 7.52. The van der Waals surface area contributed by atoms with Crippen LogP contribution in [0.5, 0.6) is 0 Å². The Balaban J connectivity index is 2.11. The topological polar surface area (TPSA) is 55.4 Å². The fourth-order valence-corrected chi connectivity index (χ4v) is 3.49. The summed E-state index contributed by atoms with van der Waals surface area (Å²) in [5.74, 6) is -0.190. The van der Waals surface area contributed by atoms with Crippen LogP contribution in [-0.4, -0.2) is 19.0 Å². The number of rotatable bonds is 4. The molecule has 0 heterocycles. The molecule has 1 aliphatic carbocycles. The van der Waals surface area contributed by atoms with Gasteiger partial charge in [0.15, 0.2) is 0 Å². The van der Waals surface area contributed by atoms with E-state index in [4.69, 9.17) is 0 Å². The zero-order valence-corrected chi connectivity index (χ0v) is 15.0. The molecule has 0 spiro atoms. The van der Waals surface area contributed by atoms with Gasteiger partial charge in [0.05, 0.1) is 12.7 Å². The van der Waals surface area contributed by atoms with Gasteiger partial charge in [0.2, 0.25) is 5.91 Å². The molecule has 1 amide bonds. The number of carbonyl (C=O) groups excluding carboxylic acids is 2. The number of methoxy groups -OCH3 is 1. The van der Waals surface area contributed by atoms with E-state index in [9.17, 15) is 9.59 Å². The minimum Gasteiger partial charge on any atom is -0.465 e. The zero-order chi connectivity index (χ0) is 17.9. The first-order valence-electron chi connectivity index (χ1n) is 8.38. The molecule has 24 heavy (non-hydrogen) atoms. The second-order valence-electron chi connectivity index (χ2n) is 7.52. The number of ether oxygens (including phenoxy) is 1. The Morgan fingerprint density at radius 1 is 1.21 bits per heavy atom. The van der Waals surface area contributed by atoms with Gasteiger partial charge in [0, 0.05) is 11.6 Å². The molecule has 0 radical (unpaired) electrons. The van der Waals surface area contributed by atoms with Crippen LogP contribution in [0.25, 0.3) is 0 Å². The van der Waals surface area contributed by atoms with Crippen LogP contribution >= 0.6 is 0 Å². The Bertz CT molecular complexity index is 631. The minimum absolute atomic E-state index is 0.0293. The van der Waals surface area contributed by atoms with Gasteiger partial charge < -0.3 is 10.1 Å². The summed E-state index contributed by atoms with van der Waals surface area (Å²) in [4.78, 5) is 24.3. The first-order valence-corrected chi connectivity index (χ1v) is 8.38. The fraction of sp³-hybridized carbons (Fsp3) is 0.500. The lowest BCUT2D eigenvalue weighted by Crippen LogP contribution is -2.38. The quantitative estimate of drug-likeness (QED) is 0.657. The summed E-state index contributed by atoms with van der Waals surface area (Å²) in [5, 5.41) is 2.99. The predicted molar refractivity (Wildman–Crippen MR) is 95.8 cm³/mol. The molecule has 130 valence electrons. The molecule has 4 nitrogen and oxygen atoms in total. The van der Waals surface area contributed by atoms with Crippen molar-refractivity contribution in [1.29, 1.82) is 0 Å². The van der Waals surface area contributed by atoms with Gasteiger partial charge in [-0.1, -0.05) is 26.0 Å². The molecule has 2 rings (SSSR count). The van der Waals surface area contributed by atoms with E-state index in [0.29, 0.717) is 11.3 Å². The smallest absolute Gasteiger partial charge is 0.337 e. The third-order valence-electron chi connectivity index (χ3n) is 4.93. The van der Waals surface area contributed by atoms with Crippen molar-refractivity contribution in [2.24, 2.45) is 17.3 Å². The van der Waals surface area contributed by atoms with Crippen LogP contribution in [0.4, 0.5) is 5.69 Å². The van der Waals surface area contributed by atoms with Gasteiger partial charge in [-0.05, 0) is 61.8 Å². The summed E-state index contributed by atoms with van der Waals surface area (Å²) in [6, 6.07) is 6.77. The Morgan fingerprint density at radius 3 is 2.38 bits per heavy atom. The predicted octanol–water partition coefficient (Wildman–Crippen LogP) is 4.43. The summed E-state index contributed by atoms with van der Waals surface area (Å²) in [7, 11) is 1.35. The Hall–Kier alpha value is -2.10. The standard InChI is InChI=1S/C20H27NO3/c1-13(2)16-10-11-20(3,4)12-17(16)18(22)21-15-8-6-14(7-9-15)19(23)24-5/h6-9,16-17H,1,10-12H2,2-5H3,(H,21,22). The monoisotopic (exact) mass is 329 g/mol. The van der Waals surface area contributed by atoms with E-state index in [1.54, 1.807) is 24.3 Å². The molecular weight excluding hydrogens is 302 g/mol. The van der Waals surface area contributed by atoms with Crippen LogP contribution in [-0.2, 0) is 9.53 Å². The van der Waals surface area contributed by atoms with E-state index in [1.165, 1.54) is 7.11 Å². The Morgan fingerprint density at radius 2 is 1.83 bits per heavy atom. The summed E-state index contributed by atoms with van der Waals surface area (Å²) in [6.45, 7) is 10.5. The molecule has 0 bridgehead atoms. The average molecular weight is 329 g/mol. The number of allylic oxidation sites excluding steroid dienone is 1. The number of benzene rings is 1. The van der Waals surface area contributed by atoms with Crippen molar-refractivity contribution in [1.82, 2.24) is 0 Å². The SMILES string of the molecule is C=C(C)C1CCC(C)(C)CC1C(=O)Nc1ccc(C(=O)OC)cc1. The summed E-state index contributed by atoms with van der Waals surface area (Å²) in [5.41, 5.74) is 2.40. The molecular formula is C20H27NO3. The van der Waals surface area contributed by atoms with Crippen LogP contribution in [0.1, 0.15) is 50.4 Å². The van der Waals surface area contributed by atoms with Crippen molar-refractivity contribution >= 4 is 17.6 Å². The highest BCUT2D eigenvalue weighted by Gasteiger charge is 2.39. The number of hydrogen-bond donors (Lipinski definition) is 1. The molecule has 4 heteroatoms. The highest BCUT2D eigenvalue weighted by molar-refractivity contribution is 5.94. The van der Waals surface area contributed by atoms with Gasteiger partial charge in [-0.2, -0.15) is 0 Å². The van der Waals surface area contributed by atoms with Crippen molar-refractivity contribution < 1.29 is 14.3 Å². The number of amides is 1. The Labute approximate surface area is 144 Å². The molecule has 0 aliphatic heterocycles. The fourth-order valence-electron chi connectivity index (χ4n) is 3.49. The number of carbonyl (C=O) groups is 2. The molecule has 1 saturated carbocycles. The third-order valence-corrected chi connectivity index (χ3v) is 4.93. The van der Waals surface area contributed by atoms with Crippen LogP contribution in [0.3, 0.4) is 0 Å². The van der Waals surface area contributed by atoms with Crippen molar-refractivity contribution in [3.8, 4) is 0 Å². The number of esters is 1. The number of hydrogen-bond acceptors (Lipinski definition) is 3. The van der Waals surface area contributed by atoms with Gasteiger partial charge in [0.1, 0.15) is 0 Å². The molecule has 1 fully saturated rings. The van der Waals surface area contributed by atoms with Crippen LogP contribution < -0.4 is 5.32 Å². The van der Waals surface area contributed by atoms with Crippen molar-refractivity contribution in [2.75, 3.05) is 12.4 Å². The van der Waals surface area contributed by atoms with E-state index in [0.717, 1.165) is 24.8 Å². The summed E-state index contributed by atoms with van der Waals surface area (Å²) >= 11 is 0. The van der Waals surface area contributed by atoms with E-state index < -0.39 is 0 Å². The van der Waals surface area contributed by atoms with Crippen molar-refractivity contribution in [3.63, 3.8) is 0 Å². The van der Waals surface area contributed by atoms with Gasteiger partial charge >= 0.3 is 5.97 Å². The average Bonchev–Trinajstić information content (AvgIpc) is 2.53. The molecule has 2 unspecified atom stereocenters. The highest BCUT2D eigenvalue weighted by atomic mass is 16.5. The molecule has 0 saturated heterocycles. The molecule has 1 aromatic carbocycles. The van der Waals surface area contributed by atoms with E-state index >= 15 is 0 Å². The maximum atomic E-state index is 12.8. The molecule has 1 N–H and O–H groups in total. The lowest BCUT2D eigenvalue weighted by atomic mass is 9.65. The lowest BCUT2D eigenvalue weighted by molar-refractivity contribution is -0.123. The normalized spacial score (nSPS) is 22.5. The largest absolute Gasteiger partial charge is 0.465 e. The molecule has 2 atom stereocenters. The second kappa shape index (κ2) is 7.20. The van der Waals surface area contributed by atoms with E-state index in [1.807, 2.05) is 6.92 Å². The molecule has 1 aromatic rings. The maximum Gasteiger partial charge on any atom is 0.337 e. The third kappa shape index (κ3) is 4.25. The van der Waals surface area contributed by atoms with Crippen LogP contribution in [0.15, 0.2) is 36.4 Å². The van der Waals surface area contributed by atoms with Gasteiger partial charge in [-0.3, -0.25) is 4.79 Å². The van der Waals surface area contributed by atoms with Crippen LogP contribution in [0.2, 0.25) is 0 Å². The maximum absolute atomic E-state index is 12.8. The van der Waals surface area contributed by atoms with Gasteiger partial charge in [-0.25, -0.2) is 4.79 Å². The summed E-state index contributed by atoms with van der Waals surface area (Å²) < 4.78 is 4.68. The molecule has 1 aliphatic rings.